The van der Waals surface area contributed by atoms with Gasteiger partial charge in [0.25, 0.3) is 5.91 Å². The van der Waals surface area contributed by atoms with Crippen molar-refractivity contribution in [3.05, 3.63) is 53.9 Å². The van der Waals surface area contributed by atoms with Crippen molar-refractivity contribution < 1.29 is 4.79 Å². The Labute approximate surface area is 100 Å². The third-order valence-electron chi connectivity index (χ3n) is 2.61. The highest BCUT2D eigenvalue weighted by Gasteiger charge is 2.12. The van der Waals surface area contributed by atoms with Gasteiger partial charge in [-0.3, -0.25) is 9.48 Å². The van der Waals surface area contributed by atoms with Gasteiger partial charge in [-0.2, -0.15) is 5.10 Å². The first-order valence-corrected chi connectivity index (χ1v) is 5.51. The van der Waals surface area contributed by atoms with Crippen LogP contribution in [0.1, 0.15) is 28.9 Å². The highest BCUT2D eigenvalue weighted by atomic mass is 16.1. The maximum Gasteiger partial charge on any atom is 0.254 e. The summed E-state index contributed by atoms with van der Waals surface area (Å²) in [6.07, 6.45) is 3.26. The lowest BCUT2D eigenvalue weighted by Crippen LogP contribution is -2.26. The zero-order valence-corrected chi connectivity index (χ0v) is 9.92. The summed E-state index contributed by atoms with van der Waals surface area (Å²) in [5.41, 5.74) is 1.67. The average molecular weight is 229 g/mol. The third-order valence-corrected chi connectivity index (χ3v) is 2.61. The van der Waals surface area contributed by atoms with Crippen LogP contribution >= 0.6 is 0 Å². The number of hydrogen-bond acceptors (Lipinski definition) is 2. The lowest BCUT2D eigenvalue weighted by molar-refractivity contribution is 0.0940. The number of carbonyl (C=O) groups is 1. The molecule has 0 unspecified atom stereocenters. The van der Waals surface area contributed by atoms with E-state index in [1.54, 1.807) is 24.1 Å². The molecule has 2 aromatic rings. The molecule has 1 amide bonds. The molecule has 1 aromatic heterocycles. The first-order chi connectivity index (χ1) is 8.16. The van der Waals surface area contributed by atoms with Gasteiger partial charge in [0, 0.05) is 13.2 Å². The van der Waals surface area contributed by atoms with Crippen LogP contribution in [0.3, 0.4) is 0 Å². The fourth-order valence-corrected chi connectivity index (χ4v) is 1.64. The van der Waals surface area contributed by atoms with Gasteiger partial charge in [0.1, 0.15) is 0 Å². The van der Waals surface area contributed by atoms with Crippen LogP contribution in [0.15, 0.2) is 42.7 Å². The molecule has 4 heteroatoms. The third kappa shape index (κ3) is 2.72. The van der Waals surface area contributed by atoms with Crippen LogP contribution in [0.25, 0.3) is 0 Å². The molecule has 0 saturated carbocycles. The lowest BCUT2D eigenvalue weighted by atomic mass is 10.1. The molecule has 17 heavy (non-hydrogen) atoms. The van der Waals surface area contributed by atoms with Crippen molar-refractivity contribution in [3.63, 3.8) is 0 Å². The summed E-state index contributed by atoms with van der Waals surface area (Å²) in [5, 5.41) is 6.91. The molecular weight excluding hydrogens is 214 g/mol. The van der Waals surface area contributed by atoms with Gasteiger partial charge in [-0.1, -0.05) is 30.3 Å². The molecule has 0 bridgehead atoms. The van der Waals surface area contributed by atoms with Crippen LogP contribution in [0, 0.1) is 0 Å². The Hall–Kier alpha value is -2.10. The normalized spacial score (nSPS) is 12.1. The van der Waals surface area contributed by atoms with Crippen LogP contribution in [0.5, 0.6) is 0 Å². The van der Waals surface area contributed by atoms with Gasteiger partial charge < -0.3 is 5.32 Å². The number of nitrogens with zero attached hydrogens (tertiary/aromatic N) is 2. The molecule has 1 aromatic carbocycles. The van der Waals surface area contributed by atoms with Crippen molar-refractivity contribution in [3.8, 4) is 0 Å². The van der Waals surface area contributed by atoms with E-state index in [-0.39, 0.29) is 11.9 Å². The Balaban J connectivity index is 2.04. The smallest absolute Gasteiger partial charge is 0.254 e. The van der Waals surface area contributed by atoms with Crippen LogP contribution in [-0.4, -0.2) is 15.7 Å². The second-order valence-corrected chi connectivity index (χ2v) is 4.01. The number of nitrogens with one attached hydrogen (secondary N) is 1. The quantitative estimate of drug-likeness (QED) is 0.874. The van der Waals surface area contributed by atoms with Gasteiger partial charge in [-0.25, -0.2) is 0 Å². The Morgan fingerprint density at radius 3 is 2.65 bits per heavy atom. The number of aryl methyl sites for hydroxylation is 1. The van der Waals surface area contributed by atoms with E-state index < -0.39 is 0 Å². The van der Waals surface area contributed by atoms with Crippen LogP contribution in [0.2, 0.25) is 0 Å². The minimum absolute atomic E-state index is 0.0103. The van der Waals surface area contributed by atoms with Gasteiger partial charge in [0.2, 0.25) is 0 Å². The van der Waals surface area contributed by atoms with Gasteiger partial charge in [0.05, 0.1) is 17.8 Å². The van der Waals surface area contributed by atoms with Crippen LogP contribution in [0.4, 0.5) is 0 Å². The van der Waals surface area contributed by atoms with Gasteiger partial charge in [0.15, 0.2) is 0 Å². The molecule has 2 rings (SSSR count). The molecule has 4 nitrogen and oxygen atoms in total. The van der Waals surface area contributed by atoms with Crippen molar-refractivity contribution in [2.75, 3.05) is 0 Å². The second-order valence-electron chi connectivity index (χ2n) is 4.01. The summed E-state index contributed by atoms with van der Waals surface area (Å²) < 4.78 is 1.61. The SMILES string of the molecule is C[C@@H](NC(=O)c1cnn(C)c1)c1ccccc1. The summed E-state index contributed by atoms with van der Waals surface area (Å²) in [7, 11) is 1.79. The summed E-state index contributed by atoms with van der Waals surface area (Å²) in [4.78, 5) is 11.9. The fraction of sp³-hybridized carbons (Fsp3) is 0.231. The van der Waals surface area contributed by atoms with Crippen LogP contribution < -0.4 is 5.32 Å². The maximum atomic E-state index is 11.9. The van der Waals surface area contributed by atoms with E-state index in [0.717, 1.165) is 5.56 Å². The predicted molar refractivity (Wildman–Crippen MR) is 65.5 cm³/mol. The molecule has 0 aliphatic heterocycles. The van der Waals surface area contributed by atoms with Crippen molar-refractivity contribution in [1.82, 2.24) is 15.1 Å². The average Bonchev–Trinajstić information content (AvgIpc) is 2.77. The van der Waals surface area contributed by atoms with Crippen molar-refractivity contribution in [2.24, 2.45) is 7.05 Å². The fourth-order valence-electron chi connectivity index (χ4n) is 1.64. The van der Waals surface area contributed by atoms with E-state index in [9.17, 15) is 4.79 Å². The molecule has 1 N–H and O–H groups in total. The Morgan fingerprint density at radius 2 is 2.06 bits per heavy atom. The molecule has 0 aliphatic carbocycles. The van der Waals surface area contributed by atoms with E-state index in [4.69, 9.17) is 0 Å². The number of hydrogen-bond donors (Lipinski definition) is 1. The number of rotatable bonds is 3. The van der Waals surface area contributed by atoms with Gasteiger partial charge in [-0.05, 0) is 12.5 Å². The minimum atomic E-state index is -0.102. The van der Waals surface area contributed by atoms with E-state index in [0.29, 0.717) is 5.56 Å². The van der Waals surface area contributed by atoms with Crippen molar-refractivity contribution >= 4 is 5.91 Å². The standard InChI is InChI=1S/C13H15N3O/c1-10(11-6-4-3-5-7-11)15-13(17)12-8-14-16(2)9-12/h3-10H,1-2H3,(H,15,17)/t10-/m1/s1. The van der Waals surface area contributed by atoms with E-state index >= 15 is 0 Å². The topological polar surface area (TPSA) is 46.9 Å². The molecule has 0 radical (unpaired) electrons. The predicted octanol–water partition coefficient (Wildman–Crippen LogP) is 1.91. The molecular formula is C13H15N3O. The highest BCUT2D eigenvalue weighted by molar-refractivity contribution is 5.93. The molecule has 1 heterocycles. The molecule has 0 spiro atoms. The Kier molecular flexibility index (Phi) is 3.23. The first-order valence-electron chi connectivity index (χ1n) is 5.51. The number of benzene rings is 1. The summed E-state index contributed by atoms with van der Waals surface area (Å²) in [5.74, 6) is -0.102. The van der Waals surface area contributed by atoms with E-state index in [1.165, 1.54) is 0 Å². The van der Waals surface area contributed by atoms with Crippen LogP contribution in [-0.2, 0) is 7.05 Å². The van der Waals surface area contributed by atoms with Gasteiger partial charge >= 0.3 is 0 Å². The zero-order valence-electron chi connectivity index (χ0n) is 9.92. The molecule has 1 atom stereocenters. The largest absolute Gasteiger partial charge is 0.345 e. The highest BCUT2D eigenvalue weighted by Crippen LogP contribution is 2.11. The molecule has 88 valence electrons. The first kappa shape index (κ1) is 11.4. The van der Waals surface area contributed by atoms with Crippen molar-refractivity contribution in [1.29, 1.82) is 0 Å². The molecule has 0 aliphatic rings. The summed E-state index contributed by atoms with van der Waals surface area (Å²) >= 11 is 0. The molecule has 0 saturated heterocycles. The molecule has 0 fully saturated rings. The second kappa shape index (κ2) is 4.82. The summed E-state index contributed by atoms with van der Waals surface area (Å²) in [6, 6.07) is 9.86. The summed E-state index contributed by atoms with van der Waals surface area (Å²) in [6.45, 7) is 1.96. The Morgan fingerprint density at radius 1 is 1.35 bits per heavy atom. The maximum absolute atomic E-state index is 11.9. The lowest BCUT2D eigenvalue weighted by Gasteiger charge is -2.13. The number of aromatic nitrogens is 2. The monoisotopic (exact) mass is 229 g/mol. The van der Waals surface area contributed by atoms with Gasteiger partial charge in [-0.15, -0.1) is 0 Å². The van der Waals surface area contributed by atoms with Crippen molar-refractivity contribution in [2.45, 2.75) is 13.0 Å². The van der Waals surface area contributed by atoms with E-state index in [2.05, 4.69) is 10.4 Å². The van der Waals surface area contributed by atoms with E-state index in [1.807, 2.05) is 37.3 Å². The number of carbonyl (C=O) groups excluding carboxylic acids is 1. The minimum Gasteiger partial charge on any atom is -0.345 e. The zero-order chi connectivity index (χ0) is 12.3. The number of amides is 1. The Bertz CT molecular complexity index is 504.